The zero-order valence-electron chi connectivity index (χ0n) is 15.8. The average molecular weight is 402 g/mol. The number of likely N-dealkylation sites (N-methyl/N-ethyl adjacent to an activating group) is 1. The Morgan fingerprint density at radius 2 is 1.69 bits per heavy atom. The second-order valence-corrected chi connectivity index (χ2v) is 7.94. The van der Waals surface area contributed by atoms with Crippen molar-refractivity contribution in [2.24, 2.45) is 23.5 Å². The van der Waals surface area contributed by atoms with Crippen molar-refractivity contribution in [2.75, 3.05) is 26.0 Å². The molecule has 2 unspecified atom stereocenters. The van der Waals surface area contributed by atoms with E-state index >= 15 is 0 Å². The Balaban J connectivity index is 0.00000169. The van der Waals surface area contributed by atoms with E-state index in [4.69, 9.17) is 5.73 Å². The molecule has 148 valence electrons. The van der Waals surface area contributed by atoms with Gasteiger partial charge in [-0.1, -0.05) is 18.6 Å². The summed E-state index contributed by atoms with van der Waals surface area (Å²) in [6.45, 7) is 1.04. The smallest absolute Gasteiger partial charge is 0.227 e. The van der Waals surface area contributed by atoms with Crippen molar-refractivity contribution in [1.29, 1.82) is 0 Å². The van der Waals surface area contributed by atoms with E-state index in [1.807, 2.05) is 12.1 Å². The van der Waals surface area contributed by atoms with Gasteiger partial charge in [0.05, 0.1) is 0 Å². The molecule has 26 heavy (non-hydrogen) atoms. The standard InChI is InChI=1S/C20H31N3O.2ClH/c1-23(2)11-10-14-6-8-18(9-7-14)22-20(24)17-12-15-4-3-5-16(13-17)19(15)21;;/h6-9,15-17,19H,3-5,10-13,21H2,1-2H3,(H,22,24);2*1H. The molecule has 4 nitrogen and oxygen atoms in total. The molecule has 1 amide bonds. The van der Waals surface area contributed by atoms with Gasteiger partial charge in [-0.25, -0.2) is 0 Å². The van der Waals surface area contributed by atoms with E-state index in [1.54, 1.807) is 0 Å². The highest BCUT2D eigenvalue weighted by molar-refractivity contribution is 5.92. The fourth-order valence-electron chi connectivity index (χ4n) is 4.35. The number of amides is 1. The maximum absolute atomic E-state index is 12.6. The van der Waals surface area contributed by atoms with E-state index < -0.39 is 0 Å². The van der Waals surface area contributed by atoms with Gasteiger partial charge in [0.15, 0.2) is 0 Å². The van der Waals surface area contributed by atoms with E-state index in [1.165, 1.54) is 24.8 Å². The van der Waals surface area contributed by atoms with E-state index in [9.17, 15) is 4.79 Å². The van der Waals surface area contributed by atoms with Crippen molar-refractivity contribution < 1.29 is 4.79 Å². The summed E-state index contributed by atoms with van der Waals surface area (Å²) in [5.74, 6) is 1.40. The number of hydrogen-bond donors (Lipinski definition) is 2. The fourth-order valence-corrected chi connectivity index (χ4v) is 4.35. The third-order valence-corrected chi connectivity index (χ3v) is 5.85. The molecule has 0 spiro atoms. The highest BCUT2D eigenvalue weighted by Crippen LogP contribution is 2.42. The highest BCUT2D eigenvalue weighted by atomic mass is 35.5. The lowest BCUT2D eigenvalue weighted by molar-refractivity contribution is -0.122. The molecular weight excluding hydrogens is 369 g/mol. The monoisotopic (exact) mass is 401 g/mol. The number of carbonyl (C=O) groups is 1. The molecule has 3 rings (SSSR count). The summed E-state index contributed by atoms with van der Waals surface area (Å²) in [5.41, 5.74) is 8.55. The molecule has 2 atom stereocenters. The normalized spacial score (nSPS) is 27.2. The molecule has 2 bridgehead atoms. The molecule has 2 aliphatic carbocycles. The average Bonchev–Trinajstić information content (AvgIpc) is 2.53. The maximum atomic E-state index is 12.6. The lowest BCUT2D eigenvalue weighted by Crippen LogP contribution is -2.48. The van der Waals surface area contributed by atoms with E-state index in [0.717, 1.165) is 31.5 Å². The summed E-state index contributed by atoms with van der Waals surface area (Å²) in [6.07, 6.45) is 6.63. The van der Waals surface area contributed by atoms with Crippen LogP contribution in [0.3, 0.4) is 0 Å². The van der Waals surface area contributed by atoms with E-state index in [-0.39, 0.29) is 36.6 Å². The number of benzene rings is 1. The summed E-state index contributed by atoms with van der Waals surface area (Å²) < 4.78 is 0. The number of rotatable bonds is 5. The van der Waals surface area contributed by atoms with Gasteiger partial charge in [-0.3, -0.25) is 4.79 Å². The summed E-state index contributed by atoms with van der Waals surface area (Å²) in [5, 5.41) is 3.12. The molecule has 3 N–H and O–H groups in total. The molecule has 2 aliphatic rings. The molecule has 0 heterocycles. The topological polar surface area (TPSA) is 58.4 Å². The van der Waals surface area contributed by atoms with Gasteiger partial charge in [0.1, 0.15) is 0 Å². The number of anilines is 1. The van der Waals surface area contributed by atoms with Crippen molar-refractivity contribution >= 4 is 36.4 Å². The minimum Gasteiger partial charge on any atom is -0.327 e. The van der Waals surface area contributed by atoms with Gasteiger partial charge in [-0.2, -0.15) is 0 Å². The molecule has 0 saturated heterocycles. The van der Waals surface area contributed by atoms with Gasteiger partial charge in [-0.15, -0.1) is 24.8 Å². The summed E-state index contributed by atoms with van der Waals surface area (Å²) in [7, 11) is 4.17. The molecule has 2 fully saturated rings. The van der Waals surface area contributed by atoms with Crippen LogP contribution >= 0.6 is 24.8 Å². The maximum Gasteiger partial charge on any atom is 0.227 e. The van der Waals surface area contributed by atoms with Crippen LogP contribution in [0.5, 0.6) is 0 Å². The molecule has 0 aromatic heterocycles. The molecule has 1 aromatic carbocycles. The first kappa shape index (κ1) is 23.2. The minimum atomic E-state index is 0. The molecule has 0 radical (unpaired) electrons. The van der Waals surface area contributed by atoms with Crippen molar-refractivity contribution in [1.82, 2.24) is 4.90 Å². The largest absolute Gasteiger partial charge is 0.327 e. The van der Waals surface area contributed by atoms with Crippen LogP contribution in [0.1, 0.15) is 37.7 Å². The lowest BCUT2D eigenvalue weighted by atomic mass is 9.65. The van der Waals surface area contributed by atoms with Crippen LogP contribution in [0.4, 0.5) is 5.69 Å². The number of nitrogens with one attached hydrogen (secondary N) is 1. The summed E-state index contributed by atoms with van der Waals surface area (Å²) in [4.78, 5) is 14.8. The number of hydrogen-bond acceptors (Lipinski definition) is 3. The minimum absolute atomic E-state index is 0. The SMILES string of the molecule is CN(C)CCc1ccc(NC(=O)C2CC3CCCC(C2)C3N)cc1.Cl.Cl. The van der Waals surface area contributed by atoms with Crippen LogP contribution in [0.15, 0.2) is 24.3 Å². The number of nitrogens with two attached hydrogens (primary N) is 1. The Morgan fingerprint density at radius 1 is 1.12 bits per heavy atom. The first-order chi connectivity index (χ1) is 11.5. The quantitative estimate of drug-likeness (QED) is 0.789. The molecular formula is C20H33Cl2N3O. The second-order valence-electron chi connectivity index (χ2n) is 7.94. The summed E-state index contributed by atoms with van der Waals surface area (Å²) >= 11 is 0. The van der Waals surface area contributed by atoms with Gasteiger partial charge in [0.2, 0.25) is 5.91 Å². The first-order valence-corrected chi connectivity index (χ1v) is 9.33. The Hall–Kier alpha value is -0.810. The summed E-state index contributed by atoms with van der Waals surface area (Å²) in [6, 6.07) is 8.60. The number of halogens is 2. The zero-order chi connectivity index (χ0) is 17.1. The molecule has 6 heteroatoms. The van der Waals surface area contributed by atoms with Gasteiger partial charge in [0, 0.05) is 24.2 Å². The van der Waals surface area contributed by atoms with Gasteiger partial charge < -0.3 is 16.0 Å². The zero-order valence-corrected chi connectivity index (χ0v) is 17.5. The predicted octanol–water partition coefficient (Wildman–Crippen LogP) is 3.73. The van der Waals surface area contributed by atoms with Crippen LogP contribution in [0.2, 0.25) is 0 Å². The fraction of sp³-hybridized carbons (Fsp3) is 0.650. The number of nitrogens with zero attached hydrogens (tertiary/aromatic N) is 1. The third kappa shape index (κ3) is 5.85. The van der Waals surface area contributed by atoms with Crippen LogP contribution in [-0.4, -0.2) is 37.5 Å². The second kappa shape index (κ2) is 10.5. The van der Waals surface area contributed by atoms with E-state index in [0.29, 0.717) is 17.9 Å². The molecule has 0 aliphatic heterocycles. The van der Waals surface area contributed by atoms with Crippen molar-refractivity contribution in [3.63, 3.8) is 0 Å². The van der Waals surface area contributed by atoms with Gasteiger partial charge in [0.25, 0.3) is 0 Å². The first-order valence-electron chi connectivity index (χ1n) is 9.33. The van der Waals surface area contributed by atoms with Gasteiger partial charge >= 0.3 is 0 Å². The van der Waals surface area contributed by atoms with Crippen LogP contribution in [0, 0.1) is 17.8 Å². The van der Waals surface area contributed by atoms with Crippen LogP contribution in [-0.2, 0) is 11.2 Å². The third-order valence-electron chi connectivity index (χ3n) is 5.85. The molecule has 2 saturated carbocycles. The Labute approximate surface area is 170 Å². The number of fused-ring (bicyclic) bond motifs is 2. The highest BCUT2D eigenvalue weighted by Gasteiger charge is 2.40. The van der Waals surface area contributed by atoms with Crippen molar-refractivity contribution in [3.8, 4) is 0 Å². The van der Waals surface area contributed by atoms with Gasteiger partial charge in [-0.05, 0) is 75.7 Å². The van der Waals surface area contributed by atoms with Crippen LogP contribution in [0.25, 0.3) is 0 Å². The Morgan fingerprint density at radius 3 is 2.23 bits per heavy atom. The number of carbonyl (C=O) groups excluding carboxylic acids is 1. The van der Waals surface area contributed by atoms with Crippen molar-refractivity contribution in [2.45, 2.75) is 44.6 Å². The lowest BCUT2D eigenvalue weighted by Gasteiger charge is -2.43. The Kier molecular flexibility index (Phi) is 9.39. The molecule has 1 aromatic rings. The predicted molar refractivity (Wildman–Crippen MR) is 113 cm³/mol. The van der Waals surface area contributed by atoms with E-state index in [2.05, 4.69) is 36.4 Å². The van der Waals surface area contributed by atoms with Crippen LogP contribution < -0.4 is 11.1 Å². The van der Waals surface area contributed by atoms with Crippen molar-refractivity contribution in [3.05, 3.63) is 29.8 Å². The Bertz CT molecular complexity index is 551.